The molecule has 92 valence electrons. The lowest BCUT2D eigenvalue weighted by molar-refractivity contribution is -0.0136. The summed E-state index contributed by atoms with van der Waals surface area (Å²) >= 11 is 0. The van der Waals surface area contributed by atoms with E-state index in [9.17, 15) is 0 Å². The summed E-state index contributed by atoms with van der Waals surface area (Å²) in [6.45, 7) is 1.47. The Morgan fingerprint density at radius 3 is 2.06 bits per heavy atom. The Kier molecular flexibility index (Phi) is 3.21. The van der Waals surface area contributed by atoms with E-state index in [1.54, 1.807) is 6.42 Å². The Bertz CT molecular complexity index is 213. The zero-order valence-electron chi connectivity index (χ0n) is 10.2. The van der Waals surface area contributed by atoms with E-state index in [-0.39, 0.29) is 0 Å². The summed E-state index contributed by atoms with van der Waals surface area (Å²) in [5.74, 6) is 4.15. The molecule has 4 aliphatic carbocycles. The van der Waals surface area contributed by atoms with E-state index in [0.717, 1.165) is 49.1 Å². The van der Waals surface area contributed by atoms with Crippen LogP contribution in [0.25, 0.3) is 0 Å². The summed E-state index contributed by atoms with van der Waals surface area (Å²) in [5.41, 5.74) is 0. The van der Waals surface area contributed by atoms with Gasteiger partial charge in [0.1, 0.15) is 0 Å². The maximum absolute atomic E-state index is 8.78. The first-order valence-corrected chi connectivity index (χ1v) is 7.21. The van der Waals surface area contributed by atoms with Gasteiger partial charge in [-0.15, -0.1) is 0 Å². The van der Waals surface area contributed by atoms with Gasteiger partial charge in [0.05, 0.1) is 0 Å². The van der Waals surface area contributed by atoms with Crippen LogP contribution in [-0.2, 0) is 0 Å². The van der Waals surface area contributed by atoms with Gasteiger partial charge in [-0.2, -0.15) is 0 Å². The SMILES string of the molecule is OCCCCNC1C2CC3CC(C2)CC1C3. The standard InChI is InChI=1S/C14H25NO/c16-4-2-1-3-15-14-12-6-10-5-11(8-12)9-13(14)7-10/h10-16H,1-9H2. The van der Waals surface area contributed by atoms with Crippen molar-refractivity contribution in [3.63, 3.8) is 0 Å². The summed E-state index contributed by atoms with van der Waals surface area (Å²) in [6.07, 6.45) is 9.66. The largest absolute Gasteiger partial charge is 0.396 e. The average Bonchev–Trinajstić information content (AvgIpc) is 2.26. The molecule has 0 spiro atoms. The van der Waals surface area contributed by atoms with Crippen molar-refractivity contribution < 1.29 is 5.11 Å². The number of unbranched alkanes of at least 4 members (excludes halogenated alkanes) is 1. The second-order valence-electron chi connectivity index (χ2n) is 6.34. The van der Waals surface area contributed by atoms with Crippen molar-refractivity contribution in [1.82, 2.24) is 5.32 Å². The van der Waals surface area contributed by atoms with Crippen LogP contribution in [-0.4, -0.2) is 24.3 Å². The average molecular weight is 223 g/mol. The van der Waals surface area contributed by atoms with E-state index in [1.807, 2.05) is 0 Å². The molecule has 0 atom stereocenters. The van der Waals surface area contributed by atoms with E-state index in [0.29, 0.717) is 6.61 Å². The molecule has 0 aromatic heterocycles. The fraction of sp³-hybridized carbons (Fsp3) is 1.00. The molecule has 0 aliphatic heterocycles. The molecule has 0 aromatic carbocycles. The van der Waals surface area contributed by atoms with Gasteiger partial charge in [-0.3, -0.25) is 0 Å². The first-order chi connectivity index (χ1) is 7.86. The smallest absolute Gasteiger partial charge is 0.0431 e. The molecule has 2 nitrogen and oxygen atoms in total. The van der Waals surface area contributed by atoms with Crippen LogP contribution >= 0.6 is 0 Å². The highest BCUT2D eigenvalue weighted by molar-refractivity contribution is 5.01. The van der Waals surface area contributed by atoms with E-state index < -0.39 is 0 Å². The van der Waals surface area contributed by atoms with Crippen LogP contribution in [0.15, 0.2) is 0 Å². The van der Waals surface area contributed by atoms with Gasteiger partial charge in [0.2, 0.25) is 0 Å². The molecule has 0 radical (unpaired) electrons. The summed E-state index contributed by atoms with van der Waals surface area (Å²) in [4.78, 5) is 0. The quantitative estimate of drug-likeness (QED) is 0.700. The van der Waals surface area contributed by atoms with Crippen molar-refractivity contribution in [2.75, 3.05) is 13.2 Å². The third-order valence-electron chi connectivity index (χ3n) is 5.19. The normalized spacial score (nSPS) is 45.2. The minimum atomic E-state index is 0.351. The maximum atomic E-state index is 8.78. The number of aliphatic hydroxyl groups is 1. The number of rotatable bonds is 5. The van der Waals surface area contributed by atoms with E-state index in [2.05, 4.69) is 5.32 Å². The summed E-state index contributed by atoms with van der Waals surface area (Å²) in [6, 6.07) is 0.825. The van der Waals surface area contributed by atoms with E-state index >= 15 is 0 Å². The number of hydrogen-bond acceptors (Lipinski definition) is 2. The van der Waals surface area contributed by atoms with E-state index in [1.165, 1.54) is 25.7 Å². The van der Waals surface area contributed by atoms with Gasteiger partial charge in [-0.1, -0.05) is 0 Å². The predicted octanol–water partition coefficient (Wildman–Crippen LogP) is 2.17. The van der Waals surface area contributed by atoms with Crippen molar-refractivity contribution in [3.05, 3.63) is 0 Å². The van der Waals surface area contributed by atoms with Gasteiger partial charge >= 0.3 is 0 Å². The third kappa shape index (κ3) is 2.02. The Labute approximate surface area is 98.8 Å². The molecule has 0 unspecified atom stereocenters. The highest BCUT2D eigenvalue weighted by atomic mass is 16.2. The Hall–Kier alpha value is -0.0800. The van der Waals surface area contributed by atoms with Crippen molar-refractivity contribution in [3.8, 4) is 0 Å². The Balaban J connectivity index is 1.52. The molecule has 4 rings (SSSR count). The van der Waals surface area contributed by atoms with Gasteiger partial charge in [0.15, 0.2) is 0 Å². The molecular formula is C14H25NO. The molecule has 4 saturated carbocycles. The first-order valence-electron chi connectivity index (χ1n) is 7.21. The van der Waals surface area contributed by atoms with Crippen molar-refractivity contribution in [1.29, 1.82) is 0 Å². The molecule has 4 fully saturated rings. The number of aliphatic hydroxyl groups excluding tert-OH is 1. The van der Waals surface area contributed by atoms with Crippen LogP contribution in [0.2, 0.25) is 0 Å². The summed E-state index contributed by atoms with van der Waals surface area (Å²) in [5, 5.41) is 12.6. The topological polar surface area (TPSA) is 32.3 Å². The van der Waals surface area contributed by atoms with Crippen molar-refractivity contribution in [2.24, 2.45) is 23.7 Å². The third-order valence-corrected chi connectivity index (χ3v) is 5.19. The van der Waals surface area contributed by atoms with Gasteiger partial charge < -0.3 is 10.4 Å². The van der Waals surface area contributed by atoms with E-state index in [4.69, 9.17) is 5.11 Å². The van der Waals surface area contributed by atoms with Crippen molar-refractivity contribution in [2.45, 2.75) is 51.0 Å². The van der Waals surface area contributed by atoms with Gasteiger partial charge in [0, 0.05) is 12.6 Å². The zero-order chi connectivity index (χ0) is 11.0. The lowest BCUT2D eigenvalue weighted by Gasteiger charge is -2.54. The molecule has 4 bridgehead atoms. The lowest BCUT2D eigenvalue weighted by atomic mass is 9.54. The minimum Gasteiger partial charge on any atom is -0.396 e. The monoisotopic (exact) mass is 223 g/mol. The van der Waals surface area contributed by atoms with Crippen LogP contribution in [0, 0.1) is 23.7 Å². The van der Waals surface area contributed by atoms with Crippen LogP contribution in [0.1, 0.15) is 44.9 Å². The van der Waals surface area contributed by atoms with Gasteiger partial charge in [-0.25, -0.2) is 0 Å². The zero-order valence-corrected chi connectivity index (χ0v) is 10.2. The molecule has 0 amide bonds. The first kappa shape index (κ1) is 11.0. The summed E-state index contributed by atoms with van der Waals surface area (Å²) < 4.78 is 0. The number of nitrogens with one attached hydrogen (secondary N) is 1. The van der Waals surface area contributed by atoms with Crippen LogP contribution in [0.3, 0.4) is 0 Å². The Morgan fingerprint density at radius 1 is 0.875 bits per heavy atom. The minimum absolute atomic E-state index is 0.351. The second-order valence-corrected chi connectivity index (χ2v) is 6.34. The van der Waals surface area contributed by atoms with Crippen LogP contribution < -0.4 is 5.32 Å². The van der Waals surface area contributed by atoms with Crippen molar-refractivity contribution >= 4 is 0 Å². The second kappa shape index (κ2) is 4.66. The Morgan fingerprint density at radius 2 is 1.50 bits per heavy atom. The van der Waals surface area contributed by atoms with Crippen LogP contribution in [0.5, 0.6) is 0 Å². The highest BCUT2D eigenvalue weighted by Gasteiger charge is 2.47. The molecule has 0 heterocycles. The molecule has 2 heteroatoms. The number of hydrogen-bond donors (Lipinski definition) is 2. The molecule has 0 saturated heterocycles. The fourth-order valence-electron chi connectivity index (χ4n) is 4.76. The van der Waals surface area contributed by atoms with Gasteiger partial charge in [-0.05, 0) is 75.2 Å². The molecule has 0 aromatic rings. The molecule has 4 aliphatic rings. The summed E-state index contributed by atoms with van der Waals surface area (Å²) in [7, 11) is 0. The molecule has 2 N–H and O–H groups in total. The molecular weight excluding hydrogens is 198 g/mol. The van der Waals surface area contributed by atoms with Gasteiger partial charge in [0.25, 0.3) is 0 Å². The fourth-order valence-corrected chi connectivity index (χ4v) is 4.76. The lowest BCUT2D eigenvalue weighted by Crippen LogP contribution is -2.54. The van der Waals surface area contributed by atoms with Crippen LogP contribution in [0.4, 0.5) is 0 Å². The predicted molar refractivity (Wildman–Crippen MR) is 65.2 cm³/mol. The molecule has 16 heavy (non-hydrogen) atoms. The highest BCUT2D eigenvalue weighted by Crippen LogP contribution is 2.53. The maximum Gasteiger partial charge on any atom is 0.0431 e.